The van der Waals surface area contributed by atoms with Gasteiger partial charge in [0.05, 0.1) is 5.69 Å². The monoisotopic (exact) mass is 478 g/mol. The minimum atomic E-state index is -0.535. The van der Waals surface area contributed by atoms with Crippen molar-refractivity contribution in [3.63, 3.8) is 0 Å². The first kappa shape index (κ1) is 22.5. The Morgan fingerprint density at radius 3 is 2.43 bits per heavy atom. The SMILES string of the molecule is Cc1ccc2ccccc2c1COc1ccccc1/C=C1/C(=O)NC(=S)N(c2ccccc2)C1=O. The fraction of sp³-hybridized carbons (Fsp3) is 0.0690. The van der Waals surface area contributed by atoms with Gasteiger partial charge in [-0.15, -0.1) is 0 Å². The molecule has 0 atom stereocenters. The number of hydrogen-bond acceptors (Lipinski definition) is 4. The van der Waals surface area contributed by atoms with Crippen molar-refractivity contribution in [3.05, 3.63) is 113 Å². The number of fused-ring (bicyclic) bond motifs is 1. The van der Waals surface area contributed by atoms with E-state index in [-0.39, 0.29) is 10.7 Å². The van der Waals surface area contributed by atoms with Gasteiger partial charge in [0.15, 0.2) is 5.11 Å². The summed E-state index contributed by atoms with van der Waals surface area (Å²) in [5.41, 5.74) is 3.43. The number of para-hydroxylation sites is 2. The van der Waals surface area contributed by atoms with Gasteiger partial charge in [-0.1, -0.05) is 72.8 Å². The number of amides is 2. The highest BCUT2D eigenvalue weighted by atomic mass is 32.1. The lowest BCUT2D eigenvalue weighted by molar-refractivity contribution is -0.122. The van der Waals surface area contributed by atoms with Gasteiger partial charge in [-0.3, -0.25) is 19.8 Å². The number of carbonyl (C=O) groups excluding carboxylic acids is 2. The van der Waals surface area contributed by atoms with E-state index in [4.69, 9.17) is 17.0 Å². The van der Waals surface area contributed by atoms with Gasteiger partial charge in [0.1, 0.15) is 17.9 Å². The number of nitrogens with one attached hydrogen (secondary N) is 1. The predicted molar refractivity (Wildman–Crippen MR) is 142 cm³/mol. The quantitative estimate of drug-likeness (QED) is 0.232. The molecule has 1 heterocycles. The average molecular weight is 479 g/mol. The van der Waals surface area contributed by atoms with Crippen molar-refractivity contribution in [3.8, 4) is 5.75 Å². The predicted octanol–water partition coefficient (Wildman–Crippen LogP) is 5.56. The number of rotatable bonds is 5. The number of thiocarbonyl (C=S) groups is 1. The lowest BCUT2D eigenvalue weighted by Crippen LogP contribution is -2.54. The van der Waals surface area contributed by atoms with Gasteiger partial charge >= 0.3 is 0 Å². The van der Waals surface area contributed by atoms with Gasteiger partial charge in [-0.2, -0.15) is 0 Å². The summed E-state index contributed by atoms with van der Waals surface area (Å²) in [4.78, 5) is 27.3. The molecule has 6 heteroatoms. The molecule has 0 unspecified atom stereocenters. The van der Waals surface area contributed by atoms with E-state index in [1.165, 1.54) is 4.90 Å². The van der Waals surface area contributed by atoms with Gasteiger partial charge < -0.3 is 4.74 Å². The Hall–Kier alpha value is -4.29. The lowest BCUT2D eigenvalue weighted by Gasteiger charge is -2.29. The van der Waals surface area contributed by atoms with E-state index < -0.39 is 11.8 Å². The van der Waals surface area contributed by atoms with Crippen LogP contribution in [-0.2, 0) is 16.2 Å². The Balaban J connectivity index is 1.47. The molecule has 5 rings (SSSR count). The van der Waals surface area contributed by atoms with Gasteiger partial charge in [0, 0.05) is 11.1 Å². The molecule has 2 amide bonds. The Bertz CT molecular complexity index is 1490. The topological polar surface area (TPSA) is 58.6 Å². The number of aryl methyl sites for hydroxylation is 1. The van der Waals surface area contributed by atoms with E-state index in [1.54, 1.807) is 18.2 Å². The van der Waals surface area contributed by atoms with E-state index >= 15 is 0 Å². The van der Waals surface area contributed by atoms with Crippen LogP contribution >= 0.6 is 12.2 Å². The molecule has 0 radical (unpaired) electrons. The molecule has 4 aromatic carbocycles. The minimum Gasteiger partial charge on any atom is -0.488 e. The molecule has 4 aromatic rings. The van der Waals surface area contributed by atoms with Crippen molar-refractivity contribution < 1.29 is 14.3 Å². The normalized spacial score (nSPS) is 14.9. The molecule has 1 aliphatic rings. The molecule has 0 aromatic heterocycles. The average Bonchev–Trinajstić information content (AvgIpc) is 2.87. The summed E-state index contributed by atoms with van der Waals surface area (Å²) < 4.78 is 6.23. The molecule has 0 saturated carbocycles. The van der Waals surface area contributed by atoms with Crippen LogP contribution in [0.1, 0.15) is 16.7 Å². The largest absolute Gasteiger partial charge is 0.488 e. The highest BCUT2D eigenvalue weighted by Crippen LogP contribution is 2.28. The Kier molecular flexibility index (Phi) is 6.12. The molecule has 0 spiro atoms. The van der Waals surface area contributed by atoms with Crippen molar-refractivity contribution in [2.24, 2.45) is 0 Å². The molecular formula is C29H22N2O3S. The van der Waals surface area contributed by atoms with E-state index in [9.17, 15) is 9.59 Å². The molecule has 5 nitrogen and oxygen atoms in total. The zero-order valence-electron chi connectivity index (χ0n) is 19.0. The Labute approximate surface area is 208 Å². The standard InChI is InChI=1S/C29H22N2O3S/c1-19-15-16-20-9-5-7-13-23(20)25(19)18-34-26-14-8-6-10-21(26)17-24-27(32)30-29(35)31(28(24)33)22-11-3-2-4-12-22/h2-17H,18H2,1H3,(H,30,32,35)/b24-17-. The van der Waals surface area contributed by atoms with Crippen LogP contribution < -0.4 is 15.0 Å². The van der Waals surface area contributed by atoms with E-state index in [1.807, 2.05) is 54.6 Å². The van der Waals surface area contributed by atoms with E-state index in [0.717, 1.165) is 21.9 Å². The summed E-state index contributed by atoms with van der Waals surface area (Å²) >= 11 is 5.27. The molecule has 1 N–H and O–H groups in total. The first-order valence-electron chi connectivity index (χ1n) is 11.2. The third-order valence-corrected chi connectivity index (χ3v) is 6.27. The maximum Gasteiger partial charge on any atom is 0.270 e. The summed E-state index contributed by atoms with van der Waals surface area (Å²) in [6.07, 6.45) is 1.56. The fourth-order valence-electron chi connectivity index (χ4n) is 4.14. The van der Waals surface area contributed by atoms with Crippen LogP contribution in [0.3, 0.4) is 0 Å². The second-order valence-electron chi connectivity index (χ2n) is 8.20. The number of benzene rings is 4. The smallest absolute Gasteiger partial charge is 0.270 e. The highest BCUT2D eigenvalue weighted by molar-refractivity contribution is 7.80. The third-order valence-electron chi connectivity index (χ3n) is 5.98. The van der Waals surface area contributed by atoms with Crippen LogP contribution in [0.5, 0.6) is 5.75 Å². The van der Waals surface area contributed by atoms with Crippen molar-refractivity contribution in [1.29, 1.82) is 0 Å². The summed E-state index contributed by atoms with van der Waals surface area (Å²) in [7, 11) is 0. The van der Waals surface area contributed by atoms with Gasteiger partial charge in [0.25, 0.3) is 11.8 Å². The number of ether oxygens (including phenoxy) is 1. The van der Waals surface area contributed by atoms with Gasteiger partial charge in [-0.25, -0.2) is 0 Å². The van der Waals surface area contributed by atoms with E-state index in [2.05, 4.69) is 36.5 Å². The van der Waals surface area contributed by atoms with Crippen molar-refractivity contribution >= 4 is 51.7 Å². The van der Waals surface area contributed by atoms with Gasteiger partial charge in [-0.05, 0) is 59.8 Å². The van der Waals surface area contributed by atoms with Crippen LogP contribution in [0.4, 0.5) is 5.69 Å². The molecule has 1 fully saturated rings. The van der Waals surface area contributed by atoms with E-state index in [0.29, 0.717) is 23.6 Å². The first-order valence-corrected chi connectivity index (χ1v) is 11.6. The molecular weight excluding hydrogens is 456 g/mol. The minimum absolute atomic E-state index is 0.0140. The number of anilines is 1. The molecule has 1 aliphatic heterocycles. The second kappa shape index (κ2) is 9.52. The first-order chi connectivity index (χ1) is 17.0. The molecule has 0 bridgehead atoms. The lowest BCUT2D eigenvalue weighted by atomic mass is 10.0. The van der Waals surface area contributed by atoms with Gasteiger partial charge in [0.2, 0.25) is 0 Å². The van der Waals surface area contributed by atoms with Crippen LogP contribution in [-0.4, -0.2) is 16.9 Å². The zero-order valence-corrected chi connectivity index (χ0v) is 19.8. The van der Waals surface area contributed by atoms with Crippen molar-refractivity contribution in [2.75, 3.05) is 4.90 Å². The molecule has 172 valence electrons. The summed E-state index contributed by atoms with van der Waals surface area (Å²) in [5.74, 6) is -0.441. The van der Waals surface area contributed by atoms with Crippen LogP contribution in [0.2, 0.25) is 0 Å². The van der Waals surface area contributed by atoms with Crippen molar-refractivity contribution in [2.45, 2.75) is 13.5 Å². The fourth-order valence-corrected chi connectivity index (χ4v) is 4.42. The summed E-state index contributed by atoms with van der Waals surface area (Å²) in [6, 6.07) is 28.7. The molecule has 35 heavy (non-hydrogen) atoms. The van der Waals surface area contributed by atoms with Crippen LogP contribution in [0.15, 0.2) is 96.6 Å². The van der Waals surface area contributed by atoms with Crippen LogP contribution in [0.25, 0.3) is 16.8 Å². The third kappa shape index (κ3) is 4.44. The molecule has 1 saturated heterocycles. The maximum absolute atomic E-state index is 13.3. The number of carbonyl (C=O) groups is 2. The molecule has 0 aliphatic carbocycles. The van der Waals surface area contributed by atoms with Crippen molar-refractivity contribution in [1.82, 2.24) is 5.32 Å². The Morgan fingerprint density at radius 2 is 1.60 bits per heavy atom. The highest BCUT2D eigenvalue weighted by Gasteiger charge is 2.34. The summed E-state index contributed by atoms with van der Waals surface area (Å²) in [5, 5.41) is 4.96. The number of nitrogens with zero attached hydrogens (tertiary/aromatic N) is 1. The van der Waals surface area contributed by atoms with Crippen LogP contribution in [0, 0.1) is 6.92 Å². The number of hydrogen-bond donors (Lipinski definition) is 1. The summed E-state index contributed by atoms with van der Waals surface area (Å²) in [6.45, 7) is 2.42. The second-order valence-corrected chi connectivity index (χ2v) is 8.59. The Morgan fingerprint density at radius 1 is 0.886 bits per heavy atom. The zero-order chi connectivity index (χ0) is 24.4. The maximum atomic E-state index is 13.3.